The highest BCUT2D eigenvalue weighted by molar-refractivity contribution is 9.10. The fourth-order valence-electron chi connectivity index (χ4n) is 1.91. The second-order valence-corrected chi connectivity index (χ2v) is 6.26. The Kier molecular flexibility index (Phi) is 5.90. The minimum absolute atomic E-state index is 0.240. The number of carbonyl (C=O) groups excluding carboxylic acids is 2. The van der Waals surface area contributed by atoms with E-state index < -0.39 is 23.4 Å². The number of nitrogens with one attached hydrogen (secondary N) is 2. The molecule has 24 heavy (non-hydrogen) atoms. The van der Waals surface area contributed by atoms with Crippen molar-refractivity contribution in [1.29, 1.82) is 0 Å². The SMILES string of the molecule is Cc1cc(Br)ccc1NC(=O)CNC(=O)c1cc(F)c(F)cc1Cl. The van der Waals surface area contributed by atoms with Crippen molar-refractivity contribution in [3.8, 4) is 0 Å². The number of benzene rings is 2. The van der Waals surface area contributed by atoms with Crippen LogP contribution in [0.4, 0.5) is 14.5 Å². The van der Waals surface area contributed by atoms with E-state index in [1.54, 1.807) is 12.1 Å². The van der Waals surface area contributed by atoms with E-state index in [9.17, 15) is 18.4 Å². The smallest absolute Gasteiger partial charge is 0.253 e. The summed E-state index contributed by atoms with van der Waals surface area (Å²) < 4.78 is 27.0. The van der Waals surface area contributed by atoms with Gasteiger partial charge in [0, 0.05) is 10.2 Å². The third-order valence-corrected chi connectivity index (χ3v) is 3.93. The van der Waals surface area contributed by atoms with Gasteiger partial charge in [-0.1, -0.05) is 27.5 Å². The molecule has 0 fully saturated rings. The molecule has 2 amide bonds. The van der Waals surface area contributed by atoms with Crippen molar-refractivity contribution in [2.45, 2.75) is 6.92 Å². The average Bonchev–Trinajstić information content (AvgIpc) is 2.51. The minimum atomic E-state index is -1.19. The van der Waals surface area contributed by atoms with Gasteiger partial charge in [0.2, 0.25) is 5.91 Å². The van der Waals surface area contributed by atoms with Gasteiger partial charge < -0.3 is 10.6 Å². The summed E-state index contributed by atoms with van der Waals surface area (Å²) in [6.07, 6.45) is 0. The highest BCUT2D eigenvalue weighted by Crippen LogP contribution is 2.21. The first kappa shape index (κ1) is 18.4. The van der Waals surface area contributed by atoms with Crippen LogP contribution in [0.15, 0.2) is 34.8 Å². The number of hydrogen-bond acceptors (Lipinski definition) is 2. The molecule has 2 aromatic rings. The zero-order chi connectivity index (χ0) is 17.9. The van der Waals surface area contributed by atoms with E-state index in [4.69, 9.17) is 11.6 Å². The van der Waals surface area contributed by atoms with Crippen LogP contribution in [0.1, 0.15) is 15.9 Å². The molecule has 0 radical (unpaired) electrons. The maximum absolute atomic E-state index is 13.2. The topological polar surface area (TPSA) is 58.2 Å². The number of halogens is 4. The van der Waals surface area contributed by atoms with Crippen LogP contribution in [0.3, 0.4) is 0 Å². The molecule has 0 heterocycles. The van der Waals surface area contributed by atoms with E-state index in [0.717, 1.165) is 10.0 Å². The minimum Gasteiger partial charge on any atom is -0.343 e. The van der Waals surface area contributed by atoms with Crippen molar-refractivity contribution in [2.75, 3.05) is 11.9 Å². The molecule has 0 spiro atoms. The van der Waals surface area contributed by atoms with Crippen LogP contribution >= 0.6 is 27.5 Å². The monoisotopic (exact) mass is 416 g/mol. The Morgan fingerprint density at radius 1 is 1.17 bits per heavy atom. The molecule has 2 aromatic carbocycles. The molecular weight excluding hydrogens is 406 g/mol. The molecule has 126 valence electrons. The lowest BCUT2D eigenvalue weighted by atomic mass is 10.2. The van der Waals surface area contributed by atoms with Gasteiger partial charge in [0.05, 0.1) is 17.1 Å². The summed E-state index contributed by atoms with van der Waals surface area (Å²) in [6.45, 7) is 1.48. The lowest BCUT2D eigenvalue weighted by Gasteiger charge is -2.10. The molecule has 0 unspecified atom stereocenters. The van der Waals surface area contributed by atoms with Crippen molar-refractivity contribution >= 4 is 45.0 Å². The maximum atomic E-state index is 13.2. The van der Waals surface area contributed by atoms with E-state index in [1.165, 1.54) is 0 Å². The van der Waals surface area contributed by atoms with Gasteiger partial charge in [0.25, 0.3) is 5.91 Å². The zero-order valence-corrected chi connectivity index (χ0v) is 14.8. The Bertz CT molecular complexity index is 815. The van der Waals surface area contributed by atoms with Crippen LogP contribution in [-0.4, -0.2) is 18.4 Å². The first-order chi connectivity index (χ1) is 11.3. The molecule has 0 saturated carbocycles. The van der Waals surface area contributed by atoms with Crippen molar-refractivity contribution in [2.24, 2.45) is 0 Å². The molecule has 4 nitrogen and oxygen atoms in total. The zero-order valence-electron chi connectivity index (χ0n) is 12.4. The van der Waals surface area contributed by atoms with Crippen molar-refractivity contribution < 1.29 is 18.4 Å². The highest BCUT2D eigenvalue weighted by Gasteiger charge is 2.16. The number of carbonyl (C=O) groups is 2. The van der Waals surface area contributed by atoms with Crippen LogP contribution < -0.4 is 10.6 Å². The van der Waals surface area contributed by atoms with E-state index in [0.29, 0.717) is 17.8 Å². The van der Waals surface area contributed by atoms with Gasteiger partial charge in [0.1, 0.15) is 0 Å². The molecule has 2 rings (SSSR count). The fourth-order valence-corrected chi connectivity index (χ4v) is 2.63. The Morgan fingerprint density at radius 3 is 2.50 bits per heavy atom. The summed E-state index contributed by atoms with van der Waals surface area (Å²) in [4.78, 5) is 23.8. The molecule has 0 saturated heterocycles. The molecular formula is C16H12BrClF2N2O2. The molecule has 8 heteroatoms. The van der Waals surface area contributed by atoms with Gasteiger partial charge in [-0.25, -0.2) is 8.78 Å². The molecule has 0 bridgehead atoms. The molecule has 0 aliphatic rings. The Hall–Kier alpha value is -1.99. The van der Waals surface area contributed by atoms with E-state index >= 15 is 0 Å². The molecule has 0 aliphatic carbocycles. The van der Waals surface area contributed by atoms with E-state index in [2.05, 4.69) is 26.6 Å². The van der Waals surface area contributed by atoms with Gasteiger partial charge in [-0.15, -0.1) is 0 Å². The number of rotatable bonds is 4. The van der Waals surface area contributed by atoms with Crippen LogP contribution in [0, 0.1) is 18.6 Å². The quantitative estimate of drug-likeness (QED) is 0.737. The van der Waals surface area contributed by atoms with Crippen LogP contribution in [0.25, 0.3) is 0 Å². The Morgan fingerprint density at radius 2 is 1.83 bits per heavy atom. The lowest BCUT2D eigenvalue weighted by Crippen LogP contribution is -2.33. The molecule has 2 N–H and O–H groups in total. The molecule has 0 aliphatic heterocycles. The average molecular weight is 418 g/mol. The first-order valence-electron chi connectivity index (χ1n) is 6.76. The number of amides is 2. The predicted molar refractivity (Wildman–Crippen MR) is 91.2 cm³/mol. The number of aryl methyl sites for hydroxylation is 1. The largest absolute Gasteiger partial charge is 0.343 e. The molecule has 0 aromatic heterocycles. The van der Waals surface area contributed by atoms with E-state index in [1.807, 2.05) is 13.0 Å². The Balaban J connectivity index is 1.99. The van der Waals surface area contributed by atoms with Gasteiger partial charge in [-0.2, -0.15) is 0 Å². The van der Waals surface area contributed by atoms with Crippen LogP contribution in [0.2, 0.25) is 5.02 Å². The summed E-state index contributed by atoms with van der Waals surface area (Å²) in [5, 5.41) is 4.70. The number of anilines is 1. The summed E-state index contributed by atoms with van der Waals surface area (Å²) in [5.41, 5.74) is 1.19. The van der Waals surface area contributed by atoms with E-state index in [-0.39, 0.29) is 17.1 Å². The van der Waals surface area contributed by atoms with Crippen LogP contribution in [0.5, 0.6) is 0 Å². The van der Waals surface area contributed by atoms with Gasteiger partial charge in [0.15, 0.2) is 11.6 Å². The van der Waals surface area contributed by atoms with Gasteiger partial charge in [-0.05, 0) is 42.8 Å². The maximum Gasteiger partial charge on any atom is 0.253 e. The van der Waals surface area contributed by atoms with Gasteiger partial charge in [-0.3, -0.25) is 9.59 Å². The van der Waals surface area contributed by atoms with Gasteiger partial charge >= 0.3 is 0 Å². The van der Waals surface area contributed by atoms with Crippen molar-refractivity contribution in [1.82, 2.24) is 5.32 Å². The third kappa shape index (κ3) is 4.52. The Labute approximate surface area is 150 Å². The summed E-state index contributed by atoms with van der Waals surface area (Å²) in [7, 11) is 0. The normalized spacial score (nSPS) is 10.4. The highest BCUT2D eigenvalue weighted by atomic mass is 79.9. The number of hydrogen-bond donors (Lipinski definition) is 2. The van der Waals surface area contributed by atoms with Crippen molar-refractivity contribution in [3.05, 3.63) is 62.6 Å². The third-order valence-electron chi connectivity index (χ3n) is 3.13. The lowest BCUT2D eigenvalue weighted by molar-refractivity contribution is -0.115. The second-order valence-electron chi connectivity index (χ2n) is 4.94. The first-order valence-corrected chi connectivity index (χ1v) is 7.93. The molecule has 0 atom stereocenters. The second kappa shape index (κ2) is 7.72. The summed E-state index contributed by atoms with van der Waals surface area (Å²) in [6, 6.07) is 6.70. The standard InChI is InChI=1S/C16H12BrClF2N2O2/c1-8-4-9(17)2-3-14(8)22-15(23)7-21-16(24)10-5-12(19)13(20)6-11(10)18/h2-6H,7H2,1H3,(H,21,24)(H,22,23). The van der Waals surface area contributed by atoms with Crippen LogP contribution in [-0.2, 0) is 4.79 Å². The fraction of sp³-hybridized carbons (Fsp3) is 0.125. The summed E-state index contributed by atoms with van der Waals surface area (Å²) in [5.74, 6) is -3.59. The van der Waals surface area contributed by atoms with Crippen molar-refractivity contribution in [3.63, 3.8) is 0 Å². The predicted octanol–water partition coefficient (Wildman–Crippen LogP) is 4.06. The summed E-state index contributed by atoms with van der Waals surface area (Å²) >= 11 is 9.02.